The molecule has 0 aromatic heterocycles. The first-order chi connectivity index (χ1) is 8.55. The fourth-order valence-electron chi connectivity index (χ4n) is 2.83. The van der Waals surface area contributed by atoms with Gasteiger partial charge in [-0.15, -0.1) is 0 Å². The van der Waals surface area contributed by atoms with Crippen LogP contribution in [0.2, 0.25) is 0 Å². The number of rotatable bonds is 3. The molecular formula is C15H21BrO2. The van der Waals surface area contributed by atoms with Crippen molar-refractivity contribution in [1.82, 2.24) is 0 Å². The topological polar surface area (TPSA) is 29.5 Å². The summed E-state index contributed by atoms with van der Waals surface area (Å²) in [5.41, 5.74) is 0.630. The predicted molar refractivity (Wildman–Crippen MR) is 77.0 cm³/mol. The van der Waals surface area contributed by atoms with Crippen LogP contribution in [0.5, 0.6) is 5.75 Å². The Bertz CT molecular complexity index is 419. The van der Waals surface area contributed by atoms with Gasteiger partial charge in [0, 0.05) is 6.42 Å². The Morgan fingerprint density at radius 2 is 2.22 bits per heavy atom. The lowest BCUT2D eigenvalue weighted by atomic mass is 9.73. The van der Waals surface area contributed by atoms with E-state index in [1.807, 2.05) is 12.1 Å². The summed E-state index contributed by atoms with van der Waals surface area (Å²) < 4.78 is 6.18. The third-order valence-corrected chi connectivity index (χ3v) is 4.76. The summed E-state index contributed by atoms with van der Waals surface area (Å²) in [4.78, 5) is 0. The van der Waals surface area contributed by atoms with Gasteiger partial charge >= 0.3 is 0 Å². The predicted octanol–water partition coefficient (Wildman–Crippen LogP) is 3.94. The molecule has 0 heterocycles. The van der Waals surface area contributed by atoms with E-state index in [9.17, 15) is 5.11 Å². The Morgan fingerprint density at radius 1 is 1.44 bits per heavy atom. The van der Waals surface area contributed by atoms with E-state index in [4.69, 9.17) is 4.74 Å². The Morgan fingerprint density at radius 3 is 2.83 bits per heavy atom. The van der Waals surface area contributed by atoms with Crippen LogP contribution in [0, 0.1) is 5.92 Å². The lowest BCUT2D eigenvalue weighted by Crippen LogP contribution is -2.41. The maximum atomic E-state index is 10.8. The van der Waals surface area contributed by atoms with Crippen LogP contribution in [0.15, 0.2) is 22.7 Å². The van der Waals surface area contributed by atoms with Crippen LogP contribution in [-0.4, -0.2) is 17.8 Å². The number of aliphatic hydroxyl groups is 1. The highest BCUT2D eigenvalue weighted by atomic mass is 79.9. The van der Waals surface area contributed by atoms with Crippen molar-refractivity contribution in [2.45, 2.75) is 44.6 Å². The minimum absolute atomic E-state index is 0.382. The zero-order chi connectivity index (χ0) is 13.2. The minimum atomic E-state index is -0.535. The number of benzene rings is 1. The minimum Gasteiger partial charge on any atom is -0.496 e. The fourth-order valence-corrected chi connectivity index (χ4v) is 3.42. The Kier molecular flexibility index (Phi) is 4.33. The van der Waals surface area contributed by atoms with Gasteiger partial charge < -0.3 is 9.84 Å². The maximum Gasteiger partial charge on any atom is 0.133 e. The summed E-state index contributed by atoms with van der Waals surface area (Å²) in [5.74, 6) is 1.22. The molecule has 1 aliphatic carbocycles. The van der Waals surface area contributed by atoms with Crippen LogP contribution in [0.1, 0.15) is 38.2 Å². The lowest BCUT2D eigenvalue weighted by molar-refractivity contribution is -0.0405. The van der Waals surface area contributed by atoms with Crippen molar-refractivity contribution in [1.29, 1.82) is 0 Å². The van der Waals surface area contributed by atoms with E-state index in [-0.39, 0.29) is 0 Å². The van der Waals surface area contributed by atoms with Crippen LogP contribution >= 0.6 is 15.9 Å². The quantitative estimate of drug-likeness (QED) is 0.916. The van der Waals surface area contributed by atoms with Crippen molar-refractivity contribution in [3.8, 4) is 5.75 Å². The maximum absolute atomic E-state index is 10.8. The number of hydrogen-bond acceptors (Lipinski definition) is 2. The van der Waals surface area contributed by atoms with E-state index in [1.54, 1.807) is 7.11 Å². The van der Waals surface area contributed by atoms with Crippen LogP contribution in [0.4, 0.5) is 0 Å². The smallest absolute Gasteiger partial charge is 0.133 e. The second-order valence-electron chi connectivity index (χ2n) is 5.40. The first-order valence-electron chi connectivity index (χ1n) is 6.60. The molecule has 0 saturated heterocycles. The molecule has 2 nitrogen and oxygen atoms in total. The van der Waals surface area contributed by atoms with Gasteiger partial charge in [0.2, 0.25) is 0 Å². The van der Waals surface area contributed by atoms with Gasteiger partial charge in [0.25, 0.3) is 0 Å². The molecule has 1 aromatic rings. The number of ether oxygens (including phenoxy) is 1. The summed E-state index contributed by atoms with van der Waals surface area (Å²) in [6, 6.07) is 6.05. The van der Waals surface area contributed by atoms with Crippen LogP contribution in [0.25, 0.3) is 0 Å². The van der Waals surface area contributed by atoms with Gasteiger partial charge in [-0.05, 0) is 52.4 Å². The molecule has 2 rings (SSSR count). The van der Waals surface area contributed by atoms with Crippen molar-refractivity contribution < 1.29 is 9.84 Å². The molecule has 100 valence electrons. The molecule has 1 saturated carbocycles. The van der Waals surface area contributed by atoms with Gasteiger partial charge in [0.1, 0.15) is 5.75 Å². The third kappa shape index (κ3) is 2.89. The van der Waals surface area contributed by atoms with E-state index in [1.165, 1.54) is 12.0 Å². The van der Waals surface area contributed by atoms with Crippen LogP contribution in [-0.2, 0) is 6.42 Å². The average Bonchev–Trinajstić information content (AvgIpc) is 2.33. The summed E-state index contributed by atoms with van der Waals surface area (Å²) >= 11 is 3.50. The van der Waals surface area contributed by atoms with Crippen molar-refractivity contribution in [3.63, 3.8) is 0 Å². The molecule has 1 aromatic carbocycles. The molecule has 0 spiro atoms. The van der Waals surface area contributed by atoms with Gasteiger partial charge in [0.05, 0.1) is 17.2 Å². The summed E-state index contributed by atoms with van der Waals surface area (Å²) in [6.07, 6.45) is 5.16. The van der Waals surface area contributed by atoms with E-state index >= 15 is 0 Å². The summed E-state index contributed by atoms with van der Waals surface area (Å²) in [7, 11) is 1.66. The van der Waals surface area contributed by atoms with Crippen molar-refractivity contribution in [2.24, 2.45) is 5.92 Å². The zero-order valence-corrected chi connectivity index (χ0v) is 12.7. The second-order valence-corrected chi connectivity index (χ2v) is 6.25. The van der Waals surface area contributed by atoms with E-state index in [0.29, 0.717) is 5.92 Å². The summed E-state index contributed by atoms with van der Waals surface area (Å²) in [5, 5.41) is 10.8. The molecule has 0 aliphatic heterocycles. The molecule has 0 bridgehead atoms. The first-order valence-corrected chi connectivity index (χ1v) is 7.39. The van der Waals surface area contributed by atoms with Gasteiger partial charge in [-0.25, -0.2) is 0 Å². The van der Waals surface area contributed by atoms with Crippen molar-refractivity contribution in [3.05, 3.63) is 28.2 Å². The van der Waals surface area contributed by atoms with E-state index in [0.717, 1.165) is 35.9 Å². The van der Waals surface area contributed by atoms with Crippen LogP contribution in [0.3, 0.4) is 0 Å². The van der Waals surface area contributed by atoms with Crippen molar-refractivity contribution >= 4 is 15.9 Å². The molecule has 0 radical (unpaired) electrons. The highest BCUT2D eigenvalue weighted by Gasteiger charge is 2.35. The Labute approximate surface area is 117 Å². The largest absolute Gasteiger partial charge is 0.496 e. The van der Waals surface area contributed by atoms with Gasteiger partial charge in [-0.2, -0.15) is 0 Å². The van der Waals surface area contributed by atoms with E-state index in [2.05, 4.69) is 28.9 Å². The highest BCUT2D eigenvalue weighted by molar-refractivity contribution is 9.10. The molecule has 2 atom stereocenters. The fraction of sp³-hybridized carbons (Fsp3) is 0.600. The Hall–Kier alpha value is -0.540. The lowest BCUT2D eigenvalue weighted by Gasteiger charge is -2.38. The molecular weight excluding hydrogens is 292 g/mol. The molecule has 1 aliphatic rings. The van der Waals surface area contributed by atoms with Gasteiger partial charge in [-0.1, -0.05) is 25.8 Å². The standard InChI is InChI=1S/C15H21BrO2/c1-11-5-3-4-8-15(11,17)10-12-6-7-14(18-2)13(16)9-12/h6-7,9,11,17H,3-5,8,10H2,1-2H3. The Balaban J connectivity index is 2.15. The number of halogens is 1. The normalized spacial score (nSPS) is 28.1. The van der Waals surface area contributed by atoms with Gasteiger partial charge in [-0.3, -0.25) is 0 Å². The van der Waals surface area contributed by atoms with Crippen molar-refractivity contribution in [2.75, 3.05) is 7.11 Å². The summed E-state index contributed by atoms with van der Waals surface area (Å²) in [6.45, 7) is 2.16. The number of methoxy groups -OCH3 is 1. The zero-order valence-electron chi connectivity index (χ0n) is 11.1. The number of hydrogen-bond donors (Lipinski definition) is 1. The molecule has 2 unspecified atom stereocenters. The monoisotopic (exact) mass is 312 g/mol. The third-order valence-electron chi connectivity index (χ3n) is 4.14. The molecule has 1 N–H and O–H groups in total. The first kappa shape index (κ1) is 13.9. The molecule has 1 fully saturated rings. The molecule has 18 heavy (non-hydrogen) atoms. The van der Waals surface area contributed by atoms with Gasteiger partial charge in [0.15, 0.2) is 0 Å². The molecule has 3 heteroatoms. The van der Waals surface area contributed by atoms with E-state index < -0.39 is 5.60 Å². The average molecular weight is 313 g/mol. The SMILES string of the molecule is COc1ccc(CC2(O)CCCCC2C)cc1Br. The van der Waals surface area contributed by atoms with Crippen LogP contribution < -0.4 is 4.74 Å². The second kappa shape index (κ2) is 5.62. The molecule has 0 amide bonds. The highest BCUT2D eigenvalue weighted by Crippen LogP contribution is 2.37.